The van der Waals surface area contributed by atoms with E-state index < -0.39 is 72.1 Å². The van der Waals surface area contributed by atoms with Gasteiger partial charge in [0.2, 0.25) is 34.7 Å². The summed E-state index contributed by atoms with van der Waals surface area (Å²) in [5.74, 6) is -5.72. The maximum Gasteiger partial charge on any atom is 0.212 e. The van der Waals surface area contributed by atoms with Crippen LogP contribution >= 0.6 is 0 Å². The molecule has 0 rings (SSSR count). The van der Waals surface area contributed by atoms with Crippen LogP contribution in [0.2, 0.25) is 0 Å². The summed E-state index contributed by atoms with van der Waals surface area (Å²) in [5.41, 5.74) is 0. The van der Waals surface area contributed by atoms with E-state index in [0.717, 1.165) is 4.90 Å². The molecular weight excluding hydrogens is 326 g/mol. The minimum Gasteiger partial charge on any atom is -0.291 e. The van der Waals surface area contributed by atoms with Gasteiger partial charge in [-0.1, -0.05) is 41.5 Å². The van der Waals surface area contributed by atoms with E-state index in [1.54, 1.807) is 41.5 Å². The lowest BCUT2D eigenvalue weighted by atomic mass is 10.0. The third-order valence-electron chi connectivity index (χ3n) is 3.50. The number of nitrogens with zero attached hydrogens (tertiary/aromatic N) is 1. The van der Waals surface area contributed by atoms with Gasteiger partial charge in [-0.15, -0.1) is 0 Å². The average Bonchev–Trinajstić information content (AvgIpc) is 2.51. The van der Waals surface area contributed by atoms with Crippen molar-refractivity contribution in [2.24, 2.45) is 17.8 Å². The quantitative estimate of drug-likeness (QED) is 0.475. The fourth-order valence-electron chi connectivity index (χ4n) is 1.98. The average molecular weight is 353 g/mol. The van der Waals surface area contributed by atoms with Gasteiger partial charge in [0, 0.05) is 17.8 Å². The fraction of sp³-hybridized carbons (Fsp3) is 0.667. The van der Waals surface area contributed by atoms with Crippen molar-refractivity contribution < 1.29 is 28.8 Å². The number of hydrogen-bond donors (Lipinski definition) is 0. The van der Waals surface area contributed by atoms with Crippen LogP contribution in [0.1, 0.15) is 41.5 Å². The van der Waals surface area contributed by atoms with Crippen LogP contribution < -0.4 is 0 Å². The predicted molar refractivity (Wildman–Crippen MR) is 91.0 cm³/mol. The highest BCUT2D eigenvalue weighted by Gasteiger charge is 2.28. The molecule has 0 aliphatic carbocycles. The number of hydrogen-bond acceptors (Lipinski definition) is 7. The first kappa shape index (κ1) is 23.0. The Morgan fingerprint density at radius 1 is 0.520 bits per heavy atom. The van der Waals surface area contributed by atoms with E-state index in [-0.39, 0.29) is 0 Å². The van der Waals surface area contributed by atoms with E-state index in [0.29, 0.717) is 0 Å². The van der Waals surface area contributed by atoms with Crippen LogP contribution in [0.3, 0.4) is 0 Å². The van der Waals surface area contributed by atoms with Gasteiger partial charge in [0.1, 0.15) is 0 Å². The Labute approximate surface area is 148 Å². The van der Waals surface area contributed by atoms with E-state index in [1.165, 1.54) is 0 Å². The molecule has 140 valence electrons. The summed E-state index contributed by atoms with van der Waals surface area (Å²) in [4.78, 5) is 72.3. The van der Waals surface area contributed by atoms with Crippen LogP contribution in [0, 0.1) is 17.8 Å². The highest BCUT2D eigenvalue weighted by Crippen LogP contribution is 2.03. The second kappa shape index (κ2) is 10.1. The largest absolute Gasteiger partial charge is 0.291 e. The van der Waals surface area contributed by atoms with Gasteiger partial charge >= 0.3 is 0 Å². The van der Waals surface area contributed by atoms with Gasteiger partial charge in [0.15, 0.2) is 0 Å². The van der Waals surface area contributed by atoms with Gasteiger partial charge in [0.25, 0.3) is 0 Å². The molecular formula is C18H27NO6. The van der Waals surface area contributed by atoms with Crippen molar-refractivity contribution in [2.75, 3.05) is 19.6 Å². The first-order valence-electron chi connectivity index (χ1n) is 8.31. The summed E-state index contributed by atoms with van der Waals surface area (Å²) in [6, 6.07) is 0. The van der Waals surface area contributed by atoms with Crippen LogP contribution in [0.25, 0.3) is 0 Å². The SMILES string of the molecule is CC(C)C(=O)C(=O)CN(CC(=O)C(=O)C(C)C)CC(=O)C(=O)C(C)C. The Hall–Kier alpha value is -2.02. The number of Topliss-reactive ketones (excluding diaryl/α,β-unsaturated/α-hetero) is 6. The zero-order chi connectivity index (χ0) is 19.9. The summed E-state index contributed by atoms with van der Waals surface area (Å²) < 4.78 is 0. The van der Waals surface area contributed by atoms with Gasteiger partial charge in [0.05, 0.1) is 19.6 Å². The van der Waals surface area contributed by atoms with Crippen molar-refractivity contribution >= 4 is 34.7 Å². The molecule has 25 heavy (non-hydrogen) atoms. The monoisotopic (exact) mass is 353 g/mol. The number of carbonyl (C=O) groups excluding carboxylic acids is 6. The van der Waals surface area contributed by atoms with E-state index in [9.17, 15) is 28.8 Å². The lowest BCUT2D eigenvalue weighted by Gasteiger charge is -2.20. The minimum atomic E-state index is -0.760. The Kier molecular flexibility index (Phi) is 9.27. The highest BCUT2D eigenvalue weighted by molar-refractivity contribution is 6.41. The van der Waals surface area contributed by atoms with Gasteiger partial charge in [-0.25, -0.2) is 0 Å². The van der Waals surface area contributed by atoms with Crippen LogP contribution in [-0.2, 0) is 28.8 Å². The molecule has 0 aromatic carbocycles. The van der Waals surface area contributed by atoms with Crippen LogP contribution in [0.15, 0.2) is 0 Å². The molecule has 0 unspecified atom stereocenters. The summed E-state index contributed by atoms with van der Waals surface area (Å²) in [7, 11) is 0. The Morgan fingerprint density at radius 3 is 0.880 bits per heavy atom. The van der Waals surface area contributed by atoms with Crippen molar-refractivity contribution in [1.82, 2.24) is 4.90 Å². The molecule has 0 aliphatic rings. The molecule has 7 heteroatoms. The molecule has 0 N–H and O–H groups in total. The molecule has 0 atom stereocenters. The van der Waals surface area contributed by atoms with Gasteiger partial charge in [-0.05, 0) is 0 Å². The van der Waals surface area contributed by atoms with Gasteiger partial charge in [-0.3, -0.25) is 33.7 Å². The Bertz CT molecular complexity index is 493. The number of ketones is 6. The zero-order valence-electron chi connectivity index (χ0n) is 15.8. The summed E-state index contributed by atoms with van der Waals surface area (Å²) in [6.07, 6.45) is 0. The van der Waals surface area contributed by atoms with Crippen LogP contribution in [0.5, 0.6) is 0 Å². The van der Waals surface area contributed by atoms with E-state index in [4.69, 9.17) is 0 Å². The second-order valence-electron chi connectivity index (χ2n) is 6.97. The molecule has 0 saturated carbocycles. The standard InChI is InChI=1S/C18H27NO6/c1-10(2)16(23)13(20)7-19(8-14(21)17(24)11(3)4)9-15(22)18(25)12(5)6/h10-12H,7-9H2,1-6H3. The maximum atomic E-state index is 12.0. The molecule has 0 aromatic heterocycles. The van der Waals surface area contributed by atoms with Gasteiger partial charge < -0.3 is 0 Å². The Balaban J connectivity index is 5.24. The van der Waals surface area contributed by atoms with Crippen LogP contribution in [-0.4, -0.2) is 59.2 Å². The summed E-state index contributed by atoms with van der Waals surface area (Å²) in [6.45, 7) is 7.92. The molecule has 7 nitrogen and oxygen atoms in total. The molecule has 0 amide bonds. The molecule has 0 aromatic rings. The number of carbonyl (C=O) groups is 6. The minimum absolute atomic E-state index is 0.481. The summed E-state index contributed by atoms with van der Waals surface area (Å²) in [5, 5.41) is 0. The molecule has 0 bridgehead atoms. The second-order valence-corrected chi connectivity index (χ2v) is 6.97. The van der Waals surface area contributed by atoms with E-state index in [1.807, 2.05) is 0 Å². The van der Waals surface area contributed by atoms with Crippen molar-refractivity contribution in [3.63, 3.8) is 0 Å². The van der Waals surface area contributed by atoms with Crippen molar-refractivity contribution in [3.8, 4) is 0 Å². The predicted octanol–water partition coefficient (Wildman–Crippen LogP) is 0.671. The zero-order valence-corrected chi connectivity index (χ0v) is 15.8. The van der Waals surface area contributed by atoms with Crippen molar-refractivity contribution in [1.29, 1.82) is 0 Å². The molecule has 0 spiro atoms. The molecule has 0 radical (unpaired) electrons. The third kappa shape index (κ3) is 7.60. The molecule has 0 fully saturated rings. The summed E-state index contributed by atoms with van der Waals surface area (Å²) >= 11 is 0. The molecule has 0 heterocycles. The topological polar surface area (TPSA) is 106 Å². The highest BCUT2D eigenvalue weighted by atomic mass is 16.2. The normalized spacial score (nSPS) is 11.3. The lowest BCUT2D eigenvalue weighted by Crippen LogP contribution is -2.44. The van der Waals surface area contributed by atoms with Crippen LogP contribution in [0.4, 0.5) is 0 Å². The number of rotatable bonds is 12. The maximum absolute atomic E-state index is 12.0. The smallest absolute Gasteiger partial charge is 0.212 e. The van der Waals surface area contributed by atoms with Crippen molar-refractivity contribution in [3.05, 3.63) is 0 Å². The molecule has 0 aliphatic heterocycles. The van der Waals surface area contributed by atoms with Gasteiger partial charge in [-0.2, -0.15) is 0 Å². The van der Waals surface area contributed by atoms with Crippen molar-refractivity contribution in [2.45, 2.75) is 41.5 Å². The van der Waals surface area contributed by atoms with E-state index >= 15 is 0 Å². The molecule has 0 saturated heterocycles. The fourth-order valence-corrected chi connectivity index (χ4v) is 1.98. The lowest BCUT2D eigenvalue weighted by molar-refractivity contribution is -0.143. The van der Waals surface area contributed by atoms with E-state index in [2.05, 4.69) is 0 Å². The first-order chi connectivity index (χ1) is 11.4. The third-order valence-corrected chi connectivity index (χ3v) is 3.50. The first-order valence-corrected chi connectivity index (χ1v) is 8.31. The Morgan fingerprint density at radius 2 is 0.720 bits per heavy atom.